The van der Waals surface area contributed by atoms with Crippen molar-refractivity contribution in [2.45, 2.75) is 13.8 Å². The molecule has 0 aliphatic carbocycles. The lowest BCUT2D eigenvalue weighted by Crippen LogP contribution is -2.31. The van der Waals surface area contributed by atoms with Crippen LogP contribution in [0.2, 0.25) is 0 Å². The van der Waals surface area contributed by atoms with Crippen molar-refractivity contribution in [3.63, 3.8) is 0 Å². The Labute approximate surface area is 106 Å². The molecule has 1 aromatic rings. The molecule has 0 radical (unpaired) electrons. The van der Waals surface area contributed by atoms with Gasteiger partial charge in [-0.15, -0.1) is 6.58 Å². The van der Waals surface area contributed by atoms with Crippen LogP contribution in [0, 0.1) is 6.92 Å². The van der Waals surface area contributed by atoms with E-state index in [1.807, 2.05) is 6.92 Å². The number of hydrogen-bond donors (Lipinski definition) is 1. The Morgan fingerprint density at radius 3 is 2.89 bits per heavy atom. The largest absolute Gasteiger partial charge is 0.480 e. The minimum absolute atomic E-state index is 0.180. The molecule has 6 heteroatoms. The molecule has 0 bridgehead atoms. The highest BCUT2D eigenvalue weighted by Crippen LogP contribution is 2.15. The van der Waals surface area contributed by atoms with Gasteiger partial charge in [-0.2, -0.15) is 4.98 Å². The minimum Gasteiger partial charge on any atom is -0.480 e. The van der Waals surface area contributed by atoms with Crippen LogP contribution >= 0.6 is 0 Å². The molecule has 0 aliphatic heterocycles. The zero-order chi connectivity index (χ0) is 13.5. The average Bonchev–Trinajstić information content (AvgIpc) is 2.27. The summed E-state index contributed by atoms with van der Waals surface area (Å²) in [4.78, 5) is 20.7. The zero-order valence-corrected chi connectivity index (χ0v) is 10.6. The molecule has 0 saturated carbocycles. The molecular formula is C12H17N3O3. The Morgan fingerprint density at radius 2 is 2.33 bits per heavy atom. The van der Waals surface area contributed by atoms with Crippen LogP contribution in [0.1, 0.15) is 12.6 Å². The summed E-state index contributed by atoms with van der Waals surface area (Å²) in [5, 5.41) is 8.85. The standard InChI is InChI=1S/C12H17N3O3/c1-4-6-15(8-11(16)17)12-13-9(3)7-10(14-12)18-5-2/h4,7H,1,5-6,8H2,2-3H3,(H,16,17). The SMILES string of the molecule is C=CCN(CC(=O)O)c1nc(C)cc(OCC)n1. The lowest BCUT2D eigenvalue weighted by atomic mass is 10.4. The van der Waals surface area contributed by atoms with E-state index in [1.54, 1.807) is 19.1 Å². The normalized spacial score (nSPS) is 9.89. The second kappa shape index (κ2) is 6.58. The maximum Gasteiger partial charge on any atom is 0.323 e. The molecule has 0 saturated heterocycles. The van der Waals surface area contributed by atoms with Crippen molar-refractivity contribution in [1.29, 1.82) is 0 Å². The van der Waals surface area contributed by atoms with Crippen LogP contribution in [-0.4, -0.2) is 40.7 Å². The van der Waals surface area contributed by atoms with Crippen LogP contribution in [0.15, 0.2) is 18.7 Å². The van der Waals surface area contributed by atoms with Crippen LogP contribution in [0.25, 0.3) is 0 Å². The number of ether oxygens (including phenoxy) is 1. The highest BCUT2D eigenvalue weighted by atomic mass is 16.5. The summed E-state index contributed by atoms with van der Waals surface area (Å²) in [6.07, 6.45) is 1.61. The van der Waals surface area contributed by atoms with Gasteiger partial charge in [-0.05, 0) is 13.8 Å². The van der Waals surface area contributed by atoms with Gasteiger partial charge in [0.25, 0.3) is 0 Å². The first-order valence-electron chi connectivity index (χ1n) is 5.63. The Morgan fingerprint density at radius 1 is 1.61 bits per heavy atom. The Kier molecular flexibility index (Phi) is 5.10. The highest BCUT2D eigenvalue weighted by Gasteiger charge is 2.13. The molecule has 0 aliphatic rings. The molecule has 0 aromatic carbocycles. The second-order valence-electron chi connectivity index (χ2n) is 3.64. The predicted molar refractivity (Wildman–Crippen MR) is 68.0 cm³/mol. The van der Waals surface area contributed by atoms with Crippen molar-refractivity contribution in [2.24, 2.45) is 0 Å². The molecular weight excluding hydrogens is 234 g/mol. The zero-order valence-electron chi connectivity index (χ0n) is 10.6. The summed E-state index contributed by atoms with van der Waals surface area (Å²) in [7, 11) is 0. The average molecular weight is 251 g/mol. The van der Waals surface area contributed by atoms with Gasteiger partial charge in [0.2, 0.25) is 11.8 Å². The second-order valence-corrected chi connectivity index (χ2v) is 3.64. The predicted octanol–water partition coefficient (Wildman–Crippen LogP) is 1.26. The van der Waals surface area contributed by atoms with Gasteiger partial charge in [-0.25, -0.2) is 4.98 Å². The number of carboxylic acids is 1. The minimum atomic E-state index is -0.945. The van der Waals surface area contributed by atoms with E-state index in [2.05, 4.69) is 16.5 Å². The smallest absolute Gasteiger partial charge is 0.323 e. The van der Waals surface area contributed by atoms with E-state index in [1.165, 1.54) is 4.90 Å². The van der Waals surface area contributed by atoms with E-state index in [0.717, 1.165) is 5.69 Å². The highest BCUT2D eigenvalue weighted by molar-refractivity contribution is 5.72. The molecule has 0 amide bonds. The molecule has 1 rings (SSSR count). The van der Waals surface area contributed by atoms with E-state index in [0.29, 0.717) is 25.0 Å². The molecule has 18 heavy (non-hydrogen) atoms. The monoisotopic (exact) mass is 251 g/mol. The third-order valence-electron chi connectivity index (χ3n) is 2.07. The molecule has 1 aromatic heterocycles. The summed E-state index contributed by atoms with van der Waals surface area (Å²) in [5.41, 5.74) is 0.725. The molecule has 98 valence electrons. The number of aliphatic carboxylic acids is 1. The van der Waals surface area contributed by atoms with Gasteiger partial charge in [0.1, 0.15) is 6.54 Å². The van der Waals surface area contributed by atoms with Crippen LogP contribution < -0.4 is 9.64 Å². The summed E-state index contributed by atoms with van der Waals surface area (Å²) in [6, 6.07) is 1.71. The van der Waals surface area contributed by atoms with Crippen molar-refractivity contribution in [3.05, 3.63) is 24.4 Å². The van der Waals surface area contributed by atoms with E-state index >= 15 is 0 Å². The number of carbonyl (C=O) groups is 1. The van der Waals surface area contributed by atoms with E-state index in [4.69, 9.17) is 9.84 Å². The number of aromatic nitrogens is 2. The van der Waals surface area contributed by atoms with Crippen LogP contribution in [0.4, 0.5) is 5.95 Å². The lowest BCUT2D eigenvalue weighted by Gasteiger charge is -2.19. The first-order chi connectivity index (χ1) is 8.56. The number of aryl methyl sites for hydroxylation is 1. The molecule has 0 spiro atoms. The fraction of sp³-hybridized carbons (Fsp3) is 0.417. The van der Waals surface area contributed by atoms with E-state index in [-0.39, 0.29) is 6.54 Å². The number of hydrogen-bond acceptors (Lipinski definition) is 5. The van der Waals surface area contributed by atoms with Gasteiger partial charge in [-0.3, -0.25) is 4.79 Å². The van der Waals surface area contributed by atoms with Gasteiger partial charge in [0.05, 0.1) is 6.61 Å². The van der Waals surface area contributed by atoms with Crippen molar-refractivity contribution in [1.82, 2.24) is 9.97 Å². The van der Waals surface area contributed by atoms with E-state index < -0.39 is 5.97 Å². The maximum atomic E-state index is 10.8. The van der Waals surface area contributed by atoms with Crippen LogP contribution in [-0.2, 0) is 4.79 Å². The van der Waals surface area contributed by atoms with Crippen molar-refractivity contribution in [2.75, 3.05) is 24.6 Å². The summed E-state index contributed by atoms with van der Waals surface area (Å²) < 4.78 is 5.31. The number of rotatable bonds is 7. The van der Waals surface area contributed by atoms with Crippen LogP contribution in [0.5, 0.6) is 5.88 Å². The van der Waals surface area contributed by atoms with Crippen molar-refractivity contribution in [3.8, 4) is 5.88 Å². The molecule has 1 heterocycles. The fourth-order valence-corrected chi connectivity index (χ4v) is 1.42. The fourth-order valence-electron chi connectivity index (χ4n) is 1.42. The third-order valence-corrected chi connectivity index (χ3v) is 2.07. The van der Waals surface area contributed by atoms with Crippen molar-refractivity contribution >= 4 is 11.9 Å². The molecule has 0 atom stereocenters. The molecule has 0 fully saturated rings. The third kappa shape index (κ3) is 4.04. The number of nitrogens with zero attached hydrogens (tertiary/aromatic N) is 3. The summed E-state index contributed by atoms with van der Waals surface area (Å²) >= 11 is 0. The van der Waals surface area contributed by atoms with E-state index in [9.17, 15) is 4.79 Å². The number of anilines is 1. The topological polar surface area (TPSA) is 75.6 Å². The quantitative estimate of drug-likeness (QED) is 0.735. The van der Waals surface area contributed by atoms with Gasteiger partial charge in [0, 0.05) is 18.3 Å². The van der Waals surface area contributed by atoms with Gasteiger partial charge >= 0.3 is 5.97 Å². The maximum absolute atomic E-state index is 10.8. The Hall–Kier alpha value is -2.11. The molecule has 6 nitrogen and oxygen atoms in total. The lowest BCUT2D eigenvalue weighted by molar-refractivity contribution is -0.135. The first-order valence-corrected chi connectivity index (χ1v) is 5.63. The van der Waals surface area contributed by atoms with Gasteiger partial charge in [0.15, 0.2) is 0 Å². The van der Waals surface area contributed by atoms with Gasteiger partial charge in [-0.1, -0.05) is 6.08 Å². The summed E-state index contributed by atoms with van der Waals surface area (Å²) in [6.45, 7) is 7.94. The molecule has 0 unspecified atom stereocenters. The van der Waals surface area contributed by atoms with Gasteiger partial charge < -0.3 is 14.7 Å². The molecule has 1 N–H and O–H groups in total. The van der Waals surface area contributed by atoms with Crippen LogP contribution in [0.3, 0.4) is 0 Å². The Bertz CT molecular complexity index is 435. The first kappa shape index (κ1) is 14.0. The summed E-state index contributed by atoms with van der Waals surface area (Å²) in [5.74, 6) is -0.167. The van der Waals surface area contributed by atoms with Crippen molar-refractivity contribution < 1.29 is 14.6 Å². The Balaban J connectivity index is 3.02. The number of carboxylic acid groups (broad SMARTS) is 1.